The van der Waals surface area contributed by atoms with Gasteiger partial charge in [-0.2, -0.15) is 0 Å². The molecule has 12 heavy (non-hydrogen) atoms. The van der Waals surface area contributed by atoms with E-state index in [2.05, 4.69) is 10.5 Å². The first-order chi connectivity index (χ1) is 5.86. The van der Waals surface area contributed by atoms with Crippen molar-refractivity contribution in [1.29, 1.82) is 0 Å². The van der Waals surface area contributed by atoms with Gasteiger partial charge in [-0.05, 0) is 0 Å². The van der Waals surface area contributed by atoms with E-state index in [0.29, 0.717) is 0 Å². The van der Waals surface area contributed by atoms with E-state index in [4.69, 9.17) is 10.5 Å². The van der Waals surface area contributed by atoms with Crippen molar-refractivity contribution in [2.45, 2.75) is 6.23 Å². The predicted octanol–water partition coefficient (Wildman–Crippen LogP) is 0.535. The average Bonchev–Trinajstić information content (AvgIpc) is 2.54. The van der Waals surface area contributed by atoms with Crippen molar-refractivity contribution in [2.24, 2.45) is 10.8 Å². The van der Waals surface area contributed by atoms with Crippen LogP contribution < -0.4 is 11.2 Å². The highest BCUT2D eigenvalue weighted by molar-refractivity contribution is 5.72. The third-order valence-corrected chi connectivity index (χ3v) is 1.63. The van der Waals surface area contributed by atoms with Crippen molar-refractivity contribution < 1.29 is 4.74 Å². The summed E-state index contributed by atoms with van der Waals surface area (Å²) in [5, 5.41) is 3.72. The number of rotatable bonds is 1. The minimum Gasteiger partial charge on any atom is -0.434 e. The third kappa shape index (κ3) is 1.18. The Bertz CT molecular complexity index is 296. The SMILES string of the molecule is NC1=NNC(c2ccccc2)O1. The summed E-state index contributed by atoms with van der Waals surface area (Å²) in [6.07, 6.45) is -0.230. The second kappa shape index (κ2) is 2.73. The second-order valence-corrected chi connectivity index (χ2v) is 2.49. The van der Waals surface area contributed by atoms with Gasteiger partial charge in [-0.3, -0.25) is 5.43 Å². The number of benzene rings is 1. The summed E-state index contributed by atoms with van der Waals surface area (Å²) >= 11 is 0. The van der Waals surface area contributed by atoms with Crippen molar-refractivity contribution in [3.05, 3.63) is 35.9 Å². The van der Waals surface area contributed by atoms with Crippen molar-refractivity contribution >= 4 is 6.02 Å². The molecule has 0 aromatic heterocycles. The van der Waals surface area contributed by atoms with Crippen LogP contribution in [0.1, 0.15) is 11.8 Å². The molecule has 4 nitrogen and oxygen atoms in total. The van der Waals surface area contributed by atoms with Crippen LogP contribution in [0, 0.1) is 0 Å². The van der Waals surface area contributed by atoms with Crippen LogP contribution >= 0.6 is 0 Å². The van der Waals surface area contributed by atoms with Gasteiger partial charge in [-0.1, -0.05) is 30.3 Å². The second-order valence-electron chi connectivity index (χ2n) is 2.49. The number of hydrogen-bond donors (Lipinski definition) is 2. The van der Waals surface area contributed by atoms with Gasteiger partial charge in [0.25, 0.3) is 0 Å². The molecule has 1 aromatic rings. The van der Waals surface area contributed by atoms with E-state index in [9.17, 15) is 0 Å². The lowest BCUT2D eigenvalue weighted by Crippen LogP contribution is -2.15. The molecular weight excluding hydrogens is 154 g/mol. The summed E-state index contributed by atoms with van der Waals surface area (Å²) < 4.78 is 5.16. The lowest BCUT2D eigenvalue weighted by molar-refractivity contribution is 0.188. The predicted molar refractivity (Wildman–Crippen MR) is 45.0 cm³/mol. The summed E-state index contributed by atoms with van der Waals surface area (Å²) in [5.41, 5.74) is 9.11. The number of ether oxygens (including phenoxy) is 1. The van der Waals surface area contributed by atoms with Crippen molar-refractivity contribution in [2.75, 3.05) is 0 Å². The van der Waals surface area contributed by atoms with Crippen molar-refractivity contribution in [1.82, 2.24) is 5.43 Å². The van der Waals surface area contributed by atoms with Gasteiger partial charge in [-0.25, -0.2) is 0 Å². The lowest BCUT2D eigenvalue weighted by Gasteiger charge is -2.09. The Morgan fingerprint density at radius 2 is 2.08 bits per heavy atom. The topological polar surface area (TPSA) is 59.6 Å². The Kier molecular flexibility index (Phi) is 1.59. The van der Waals surface area contributed by atoms with Gasteiger partial charge in [0.15, 0.2) is 0 Å². The van der Waals surface area contributed by atoms with Gasteiger partial charge in [0.2, 0.25) is 6.23 Å². The van der Waals surface area contributed by atoms with Crippen molar-refractivity contribution in [3.8, 4) is 0 Å². The number of hydrazone groups is 1. The van der Waals surface area contributed by atoms with Gasteiger partial charge in [0.05, 0.1) is 0 Å². The molecule has 4 heteroatoms. The number of nitrogens with zero attached hydrogens (tertiary/aromatic N) is 1. The summed E-state index contributed by atoms with van der Waals surface area (Å²) in [4.78, 5) is 0. The van der Waals surface area contributed by atoms with Crippen LogP contribution in [0.3, 0.4) is 0 Å². The Morgan fingerprint density at radius 3 is 2.67 bits per heavy atom. The zero-order chi connectivity index (χ0) is 8.39. The third-order valence-electron chi connectivity index (χ3n) is 1.63. The van der Waals surface area contributed by atoms with Crippen LogP contribution in [0.5, 0.6) is 0 Å². The molecule has 0 aliphatic carbocycles. The normalized spacial score (nSPS) is 21.0. The molecule has 1 heterocycles. The first-order valence-electron chi connectivity index (χ1n) is 3.66. The highest BCUT2D eigenvalue weighted by Gasteiger charge is 2.17. The largest absolute Gasteiger partial charge is 0.434 e. The van der Waals surface area contributed by atoms with Gasteiger partial charge in [0.1, 0.15) is 0 Å². The fourth-order valence-corrected chi connectivity index (χ4v) is 1.07. The molecule has 1 aliphatic rings. The van der Waals surface area contributed by atoms with Crippen LogP contribution in [0.25, 0.3) is 0 Å². The standard InChI is InChI=1S/C8H9N3O/c9-8-11-10-7(12-8)6-4-2-1-3-5-6/h1-5,7,10H,(H2,9,11). The smallest absolute Gasteiger partial charge is 0.306 e. The fraction of sp³-hybridized carbons (Fsp3) is 0.125. The van der Waals surface area contributed by atoms with E-state index in [1.807, 2.05) is 30.3 Å². The number of nitrogens with two attached hydrogens (primary N) is 1. The quantitative estimate of drug-likeness (QED) is 0.635. The summed E-state index contributed by atoms with van der Waals surface area (Å²) in [7, 11) is 0. The number of hydrogen-bond acceptors (Lipinski definition) is 4. The molecule has 0 fully saturated rings. The first kappa shape index (κ1) is 6.97. The molecule has 2 rings (SSSR count). The van der Waals surface area contributed by atoms with E-state index in [1.165, 1.54) is 0 Å². The highest BCUT2D eigenvalue weighted by atomic mass is 16.5. The van der Waals surface area contributed by atoms with E-state index in [-0.39, 0.29) is 12.2 Å². The zero-order valence-electron chi connectivity index (χ0n) is 6.40. The highest BCUT2D eigenvalue weighted by Crippen LogP contribution is 2.16. The molecule has 1 aliphatic heterocycles. The molecule has 1 unspecified atom stereocenters. The van der Waals surface area contributed by atoms with E-state index in [1.54, 1.807) is 0 Å². The molecular formula is C8H9N3O. The summed E-state index contributed by atoms with van der Waals surface area (Å²) in [6.45, 7) is 0. The average molecular weight is 163 g/mol. The minimum absolute atomic E-state index is 0.184. The lowest BCUT2D eigenvalue weighted by atomic mass is 10.2. The maximum atomic E-state index is 5.33. The Labute approximate surface area is 70.0 Å². The molecule has 1 atom stereocenters. The van der Waals surface area contributed by atoms with Crippen LogP contribution in [0.2, 0.25) is 0 Å². The monoisotopic (exact) mass is 163 g/mol. The maximum Gasteiger partial charge on any atom is 0.306 e. The van der Waals surface area contributed by atoms with Gasteiger partial charge in [0, 0.05) is 5.56 Å². The van der Waals surface area contributed by atoms with Crippen LogP contribution in [0.15, 0.2) is 35.4 Å². The first-order valence-corrected chi connectivity index (χ1v) is 3.66. The molecule has 0 saturated carbocycles. The molecule has 1 aromatic carbocycles. The van der Waals surface area contributed by atoms with E-state index in [0.717, 1.165) is 5.56 Å². The van der Waals surface area contributed by atoms with E-state index < -0.39 is 0 Å². The minimum atomic E-state index is -0.230. The maximum absolute atomic E-state index is 5.33. The van der Waals surface area contributed by atoms with Crippen LogP contribution in [-0.4, -0.2) is 6.02 Å². The Balaban J connectivity index is 2.14. The molecule has 3 N–H and O–H groups in total. The fourth-order valence-electron chi connectivity index (χ4n) is 1.07. The Morgan fingerprint density at radius 1 is 1.33 bits per heavy atom. The molecule has 0 saturated heterocycles. The molecule has 62 valence electrons. The molecule has 0 spiro atoms. The number of amidine groups is 1. The summed E-state index contributed by atoms with van der Waals surface area (Å²) in [6, 6.07) is 9.91. The van der Waals surface area contributed by atoms with E-state index >= 15 is 0 Å². The van der Waals surface area contributed by atoms with Crippen LogP contribution in [-0.2, 0) is 4.74 Å². The Hall–Kier alpha value is -1.71. The molecule has 0 bridgehead atoms. The zero-order valence-corrected chi connectivity index (χ0v) is 6.40. The molecule has 0 radical (unpaired) electrons. The van der Waals surface area contributed by atoms with Gasteiger partial charge in [-0.15, -0.1) is 5.10 Å². The number of nitrogens with one attached hydrogen (secondary N) is 1. The van der Waals surface area contributed by atoms with Gasteiger partial charge < -0.3 is 10.5 Å². The van der Waals surface area contributed by atoms with Crippen LogP contribution in [0.4, 0.5) is 0 Å². The van der Waals surface area contributed by atoms with Crippen molar-refractivity contribution in [3.63, 3.8) is 0 Å². The van der Waals surface area contributed by atoms with Gasteiger partial charge >= 0.3 is 6.02 Å². The molecule has 0 amide bonds. The summed E-state index contributed by atoms with van der Waals surface area (Å²) in [5.74, 6) is 0.